The largest absolute Gasteiger partial charge is 0.329 e. The van der Waals surface area contributed by atoms with Crippen molar-refractivity contribution in [3.05, 3.63) is 10.1 Å². The first-order valence-electron chi connectivity index (χ1n) is 5.47. The van der Waals surface area contributed by atoms with Crippen molar-refractivity contribution < 1.29 is 5.03 Å². The monoisotopic (exact) mass is 234 g/mol. The molecule has 0 aromatic rings. The molecule has 8 nitrogen and oxygen atoms in total. The van der Waals surface area contributed by atoms with E-state index in [4.69, 9.17) is 5.73 Å². The van der Waals surface area contributed by atoms with E-state index in [1.807, 2.05) is 0 Å². The second-order valence-electron chi connectivity index (χ2n) is 3.20. The Balaban J connectivity index is 2.90. The van der Waals surface area contributed by atoms with Crippen molar-refractivity contribution >= 4 is 0 Å². The zero-order chi connectivity index (χ0) is 12.1. The Hall–Kier alpha value is -0.960. The van der Waals surface area contributed by atoms with Crippen LogP contribution in [0.15, 0.2) is 0 Å². The van der Waals surface area contributed by atoms with Crippen molar-refractivity contribution in [3.8, 4) is 0 Å². The van der Waals surface area contributed by atoms with Crippen molar-refractivity contribution in [2.75, 3.05) is 52.4 Å². The van der Waals surface area contributed by atoms with Gasteiger partial charge in [0.05, 0.1) is 6.54 Å². The maximum atomic E-state index is 9.90. The Morgan fingerprint density at radius 3 is 1.75 bits per heavy atom. The number of hydrazine groups is 1. The third-order valence-corrected chi connectivity index (χ3v) is 1.82. The summed E-state index contributed by atoms with van der Waals surface area (Å²) in [6.45, 7) is 5.88. The Kier molecular flexibility index (Phi) is 11.4. The highest BCUT2D eigenvalue weighted by atomic mass is 16.7. The zero-order valence-corrected chi connectivity index (χ0v) is 9.50. The summed E-state index contributed by atoms with van der Waals surface area (Å²) in [7, 11) is 0. The number of nitro groups is 1. The van der Waals surface area contributed by atoms with Crippen LogP contribution in [0.3, 0.4) is 0 Å². The van der Waals surface area contributed by atoms with E-state index in [2.05, 4.69) is 21.4 Å². The molecular weight excluding hydrogens is 212 g/mol. The van der Waals surface area contributed by atoms with Crippen LogP contribution >= 0.6 is 0 Å². The van der Waals surface area contributed by atoms with Crippen molar-refractivity contribution in [1.82, 2.24) is 21.4 Å². The predicted octanol–water partition coefficient (Wildman–Crippen LogP) is -2.50. The van der Waals surface area contributed by atoms with Gasteiger partial charge in [-0.2, -0.15) is 0 Å². The van der Waals surface area contributed by atoms with Gasteiger partial charge in [-0.3, -0.25) is 0 Å². The predicted molar refractivity (Wildman–Crippen MR) is 62.7 cm³/mol. The second-order valence-corrected chi connectivity index (χ2v) is 3.20. The van der Waals surface area contributed by atoms with Crippen LogP contribution in [-0.4, -0.2) is 57.4 Å². The number of nitrogens with two attached hydrogens (primary N) is 1. The van der Waals surface area contributed by atoms with Crippen LogP contribution in [0.1, 0.15) is 0 Å². The lowest BCUT2D eigenvalue weighted by atomic mass is 10.5. The summed E-state index contributed by atoms with van der Waals surface area (Å²) < 4.78 is 0. The molecule has 0 aromatic carbocycles. The first kappa shape index (κ1) is 15.0. The van der Waals surface area contributed by atoms with Crippen molar-refractivity contribution in [2.45, 2.75) is 0 Å². The van der Waals surface area contributed by atoms with Gasteiger partial charge in [0.1, 0.15) is 0 Å². The minimum Gasteiger partial charge on any atom is -0.329 e. The lowest BCUT2D eigenvalue weighted by Gasteiger charge is -2.06. The quantitative estimate of drug-likeness (QED) is 0.144. The molecule has 0 saturated heterocycles. The van der Waals surface area contributed by atoms with Gasteiger partial charge < -0.3 is 21.7 Å². The average molecular weight is 234 g/mol. The normalized spacial score (nSPS) is 10.3. The van der Waals surface area contributed by atoms with Gasteiger partial charge in [-0.1, -0.05) is 0 Å². The number of hydrogen-bond acceptors (Lipinski definition) is 6. The van der Waals surface area contributed by atoms with Gasteiger partial charge >= 0.3 is 0 Å². The molecule has 0 aliphatic rings. The van der Waals surface area contributed by atoms with Gasteiger partial charge in [-0.15, -0.1) is 5.43 Å². The fourth-order valence-electron chi connectivity index (χ4n) is 1.07. The Labute approximate surface area is 95.5 Å². The van der Waals surface area contributed by atoms with Gasteiger partial charge in [0.15, 0.2) is 5.03 Å². The van der Waals surface area contributed by atoms with Gasteiger partial charge in [0.2, 0.25) is 0 Å². The molecule has 8 heteroatoms. The summed E-state index contributed by atoms with van der Waals surface area (Å²) in [5, 5.41) is 18.8. The first-order chi connectivity index (χ1) is 7.77. The Morgan fingerprint density at radius 1 is 0.875 bits per heavy atom. The van der Waals surface area contributed by atoms with E-state index in [0.717, 1.165) is 32.7 Å². The molecule has 0 aliphatic heterocycles. The molecule has 16 heavy (non-hydrogen) atoms. The van der Waals surface area contributed by atoms with Gasteiger partial charge in [-0.25, -0.2) is 10.1 Å². The third-order valence-electron chi connectivity index (χ3n) is 1.82. The topological polar surface area (TPSA) is 117 Å². The molecule has 0 fully saturated rings. The fourth-order valence-corrected chi connectivity index (χ4v) is 1.07. The number of nitrogens with one attached hydrogen (secondary N) is 4. The second kappa shape index (κ2) is 12.1. The smallest absolute Gasteiger partial charge is 0.157 e. The molecule has 6 N–H and O–H groups in total. The molecule has 0 aromatic heterocycles. The highest BCUT2D eigenvalue weighted by Gasteiger charge is 1.92. The van der Waals surface area contributed by atoms with E-state index in [-0.39, 0.29) is 0 Å². The molecule has 0 spiro atoms. The standard InChI is InChI=1S/C8H22N6O2/c9-1-2-10-3-4-11-5-6-12-7-8-13-14(15)16/h10-13H,1-9H2. The van der Waals surface area contributed by atoms with E-state index in [1.54, 1.807) is 0 Å². The molecular formula is C8H22N6O2. The van der Waals surface area contributed by atoms with Crippen molar-refractivity contribution in [2.24, 2.45) is 5.73 Å². The number of nitrogens with zero attached hydrogens (tertiary/aromatic N) is 1. The summed E-state index contributed by atoms with van der Waals surface area (Å²) in [4.78, 5) is 9.90. The molecule has 96 valence electrons. The molecule has 0 rings (SSSR count). The van der Waals surface area contributed by atoms with E-state index in [1.165, 1.54) is 0 Å². The van der Waals surface area contributed by atoms with Gasteiger partial charge in [-0.05, 0) is 0 Å². The average Bonchev–Trinajstić information content (AvgIpc) is 2.25. The lowest BCUT2D eigenvalue weighted by Crippen LogP contribution is -2.36. The van der Waals surface area contributed by atoms with Crippen LogP contribution in [-0.2, 0) is 0 Å². The van der Waals surface area contributed by atoms with Crippen LogP contribution < -0.4 is 27.1 Å². The summed E-state index contributed by atoms with van der Waals surface area (Å²) in [5.41, 5.74) is 7.40. The van der Waals surface area contributed by atoms with E-state index >= 15 is 0 Å². The molecule has 0 radical (unpaired) electrons. The highest BCUT2D eigenvalue weighted by Crippen LogP contribution is 1.63. The SMILES string of the molecule is NCCNCCNCCNCCN[N+](=O)[O-]. The lowest BCUT2D eigenvalue weighted by molar-refractivity contribution is -0.543. The number of rotatable bonds is 12. The molecule has 0 amide bonds. The third kappa shape index (κ3) is 13.0. The van der Waals surface area contributed by atoms with E-state index < -0.39 is 5.03 Å². The van der Waals surface area contributed by atoms with Crippen LogP contribution in [0.4, 0.5) is 0 Å². The first-order valence-corrected chi connectivity index (χ1v) is 5.47. The maximum absolute atomic E-state index is 9.90. The number of hydrogen-bond donors (Lipinski definition) is 5. The highest BCUT2D eigenvalue weighted by molar-refractivity contribution is 4.55. The van der Waals surface area contributed by atoms with Crippen LogP contribution in [0.5, 0.6) is 0 Å². The maximum Gasteiger partial charge on any atom is 0.157 e. The zero-order valence-electron chi connectivity index (χ0n) is 9.50. The van der Waals surface area contributed by atoms with Crippen LogP contribution in [0.25, 0.3) is 0 Å². The van der Waals surface area contributed by atoms with E-state index in [0.29, 0.717) is 19.6 Å². The summed E-state index contributed by atoms with van der Waals surface area (Å²) in [6.07, 6.45) is 0. The van der Waals surface area contributed by atoms with Crippen molar-refractivity contribution in [3.63, 3.8) is 0 Å². The van der Waals surface area contributed by atoms with Gasteiger partial charge in [0, 0.05) is 45.8 Å². The molecule has 0 bridgehead atoms. The Morgan fingerprint density at radius 2 is 1.31 bits per heavy atom. The summed E-state index contributed by atoms with van der Waals surface area (Å²) >= 11 is 0. The molecule has 0 saturated carbocycles. The fraction of sp³-hybridized carbons (Fsp3) is 1.00. The van der Waals surface area contributed by atoms with Crippen LogP contribution in [0.2, 0.25) is 0 Å². The minimum absolute atomic E-state index is 0.338. The summed E-state index contributed by atoms with van der Waals surface area (Å²) in [5.74, 6) is 0. The molecule has 0 unspecified atom stereocenters. The Bertz CT molecular complexity index is 169. The van der Waals surface area contributed by atoms with Crippen LogP contribution in [0, 0.1) is 10.1 Å². The molecule has 0 aliphatic carbocycles. The van der Waals surface area contributed by atoms with Gasteiger partial charge in [0.25, 0.3) is 0 Å². The molecule has 0 heterocycles. The van der Waals surface area contributed by atoms with Crippen molar-refractivity contribution in [1.29, 1.82) is 0 Å². The minimum atomic E-state index is -0.539. The van der Waals surface area contributed by atoms with E-state index in [9.17, 15) is 10.1 Å². The molecule has 0 atom stereocenters. The summed E-state index contributed by atoms with van der Waals surface area (Å²) in [6, 6.07) is 0.